The van der Waals surface area contributed by atoms with Gasteiger partial charge in [-0.15, -0.1) is 0 Å². The van der Waals surface area contributed by atoms with Gasteiger partial charge in [0.15, 0.2) is 6.23 Å². The lowest BCUT2D eigenvalue weighted by Crippen LogP contribution is -2.30. The lowest BCUT2D eigenvalue weighted by Gasteiger charge is -2.25. The number of benzene rings is 1. The highest BCUT2D eigenvalue weighted by atomic mass is 16.5. The van der Waals surface area contributed by atoms with E-state index in [0.717, 1.165) is 30.5 Å². The van der Waals surface area contributed by atoms with Crippen LogP contribution in [0.1, 0.15) is 37.1 Å². The molecule has 2 rings (SSSR count). The number of unbranched alkanes of at least 4 members (excludes halogenated alkanes) is 1. The topological polar surface area (TPSA) is 36.3 Å². The number of rotatable bonds is 4. The Morgan fingerprint density at radius 3 is 2.81 bits per heavy atom. The van der Waals surface area contributed by atoms with Crippen molar-refractivity contribution in [3.8, 4) is 0 Å². The van der Waals surface area contributed by atoms with Gasteiger partial charge in [0.25, 0.3) is 0 Å². The number of amidine groups is 1. The quantitative estimate of drug-likeness (QED) is 0.843. The summed E-state index contributed by atoms with van der Waals surface area (Å²) in [7, 11) is 1.71. The maximum atomic E-state index is 8.15. The summed E-state index contributed by atoms with van der Waals surface area (Å²) < 4.78 is 5.50. The maximum Gasteiger partial charge on any atom is 0.157 e. The zero-order chi connectivity index (χ0) is 11.5. The number of hydrogen-bond donors (Lipinski definition) is 1. The Balaban J connectivity index is 2.28. The molecule has 0 aromatic heterocycles. The third kappa shape index (κ3) is 1.71. The summed E-state index contributed by atoms with van der Waals surface area (Å²) in [5, 5.41) is 8.15. The highest BCUT2D eigenvalue weighted by Crippen LogP contribution is 2.33. The van der Waals surface area contributed by atoms with Crippen LogP contribution >= 0.6 is 0 Å². The number of methoxy groups -OCH3 is 1. The molecular formula is C13H18N2O. The maximum absolute atomic E-state index is 8.15. The third-order valence-electron chi connectivity index (χ3n) is 3.03. The second kappa shape index (κ2) is 4.66. The SMILES string of the molecule is CCCCN1C(=N)c2ccccc2C1OC. The smallest absolute Gasteiger partial charge is 0.157 e. The molecule has 16 heavy (non-hydrogen) atoms. The fourth-order valence-corrected chi connectivity index (χ4v) is 2.18. The van der Waals surface area contributed by atoms with Gasteiger partial charge >= 0.3 is 0 Å². The molecule has 0 saturated heterocycles. The van der Waals surface area contributed by atoms with Gasteiger partial charge < -0.3 is 9.64 Å². The molecule has 0 spiro atoms. The van der Waals surface area contributed by atoms with Crippen molar-refractivity contribution in [1.82, 2.24) is 4.90 Å². The van der Waals surface area contributed by atoms with E-state index in [-0.39, 0.29) is 6.23 Å². The van der Waals surface area contributed by atoms with Crippen molar-refractivity contribution >= 4 is 5.84 Å². The van der Waals surface area contributed by atoms with Gasteiger partial charge in [0, 0.05) is 24.8 Å². The summed E-state index contributed by atoms with van der Waals surface area (Å²) in [6.07, 6.45) is 2.16. The van der Waals surface area contributed by atoms with Gasteiger partial charge in [-0.1, -0.05) is 37.6 Å². The lowest BCUT2D eigenvalue weighted by atomic mass is 10.1. The highest BCUT2D eigenvalue weighted by molar-refractivity contribution is 6.00. The minimum Gasteiger partial charge on any atom is -0.357 e. The fourth-order valence-electron chi connectivity index (χ4n) is 2.18. The van der Waals surface area contributed by atoms with E-state index in [2.05, 4.69) is 6.92 Å². The Morgan fingerprint density at radius 2 is 2.12 bits per heavy atom. The van der Waals surface area contributed by atoms with Crippen molar-refractivity contribution in [3.63, 3.8) is 0 Å². The number of nitrogens with one attached hydrogen (secondary N) is 1. The van der Waals surface area contributed by atoms with Gasteiger partial charge in [-0.2, -0.15) is 0 Å². The number of fused-ring (bicyclic) bond motifs is 1. The van der Waals surface area contributed by atoms with Crippen molar-refractivity contribution in [2.24, 2.45) is 0 Å². The number of hydrogen-bond acceptors (Lipinski definition) is 2. The normalized spacial score (nSPS) is 19.0. The van der Waals surface area contributed by atoms with Crippen LogP contribution in [0, 0.1) is 5.41 Å². The minimum atomic E-state index is -0.0738. The molecule has 1 aromatic carbocycles. The van der Waals surface area contributed by atoms with Crippen LogP contribution in [-0.2, 0) is 4.74 Å². The van der Waals surface area contributed by atoms with Crippen LogP contribution in [0.3, 0.4) is 0 Å². The highest BCUT2D eigenvalue weighted by Gasteiger charge is 2.33. The second-order valence-corrected chi connectivity index (χ2v) is 4.07. The molecule has 0 saturated carbocycles. The van der Waals surface area contributed by atoms with Crippen LogP contribution in [0.5, 0.6) is 0 Å². The Bertz CT molecular complexity index is 389. The predicted octanol–water partition coefficient (Wildman–Crippen LogP) is 2.77. The summed E-state index contributed by atoms with van der Waals surface area (Å²) in [5.41, 5.74) is 2.12. The van der Waals surface area contributed by atoms with E-state index in [0.29, 0.717) is 5.84 Å². The van der Waals surface area contributed by atoms with Crippen LogP contribution in [-0.4, -0.2) is 24.4 Å². The monoisotopic (exact) mass is 218 g/mol. The molecular weight excluding hydrogens is 200 g/mol. The molecule has 0 amide bonds. The zero-order valence-corrected chi connectivity index (χ0v) is 9.86. The van der Waals surface area contributed by atoms with Gasteiger partial charge in [-0.05, 0) is 6.42 Å². The first-order chi connectivity index (χ1) is 7.79. The molecule has 0 radical (unpaired) electrons. The first-order valence-electron chi connectivity index (χ1n) is 5.77. The molecule has 0 fully saturated rings. The van der Waals surface area contributed by atoms with Crippen LogP contribution in [0.25, 0.3) is 0 Å². The van der Waals surface area contributed by atoms with Crippen LogP contribution in [0.2, 0.25) is 0 Å². The summed E-state index contributed by atoms with van der Waals surface area (Å²) in [6, 6.07) is 8.02. The van der Waals surface area contributed by atoms with E-state index in [4.69, 9.17) is 10.1 Å². The Kier molecular flexibility index (Phi) is 3.25. The Morgan fingerprint density at radius 1 is 1.38 bits per heavy atom. The van der Waals surface area contributed by atoms with E-state index >= 15 is 0 Å². The zero-order valence-electron chi connectivity index (χ0n) is 9.86. The minimum absolute atomic E-state index is 0.0738. The molecule has 3 nitrogen and oxygen atoms in total. The van der Waals surface area contributed by atoms with Crippen LogP contribution in [0.4, 0.5) is 0 Å². The first-order valence-corrected chi connectivity index (χ1v) is 5.77. The summed E-state index contributed by atoms with van der Waals surface area (Å²) in [5.74, 6) is 0.593. The van der Waals surface area contributed by atoms with Crippen molar-refractivity contribution in [3.05, 3.63) is 35.4 Å². The van der Waals surface area contributed by atoms with Crippen molar-refractivity contribution < 1.29 is 4.74 Å². The van der Waals surface area contributed by atoms with Gasteiger partial charge in [-0.3, -0.25) is 5.41 Å². The van der Waals surface area contributed by atoms with Gasteiger partial charge in [-0.25, -0.2) is 0 Å². The summed E-state index contributed by atoms with van der Waals surface area (Å²) in [6.45, 7) is 3.05. The molecule has 1 atom stereocenters. The first kappa shape index (κ1) is 11.1. The van der Waals surface area contributed by atoms with Gasteiger partial charge in [0.1, 0.15) is 5.84 Å². The fraction of sp³-hybridized carbons (Fsp3) is 0.462. The van der Waals surface area contributed by atoms with E-state index in [1.165, 1.54) is 0 Å². The second-order valence-electron chi connectivity index (χ2n) is 4.07. The summed E-state index contributed by atoms with van der Waals surface area (Å²) in [4.78, 5) is 2.04. The average molecular weight is 218 g/mol. The number of ether oxygens (including phenoxy) is 1. The van der Waals surface area contributed by atoms with E-state index < -0.39 is 0 Å². The van der Waals surface area contributed by atoms with E-state index in [1.54, 1.807) is 7.11 Å². The largest absolute Gasteiger partial charge is 0.357 e. The number of nitrogens with zero attached hydrogens (tertiary/aromatic N) is 1. The van der Waals surface area contributed by atoms with Crippen molar-refractivity contribution in [2.45, 2.75) is 26.0 Å². The molecule has 1 N–H and O–H groups in total. The predicted molar refractivity (Wildman–Crippen MR) is 64.6 cm³/mol. The molecule has 1 aliphatic heterocycles. The van der Waals surface area contributed by atoms with Crippen molar-refractivity contribution in [2.75, 3.05) is 13.7 Å². The molecule has 0 bridgehead atoms. The van der Waals surface area contributed by atoms with Crippen LogP contribution in [0.15, 0.2) is 24.3 Å². The van der Waals surface area contributed by atoms with Gasteiger partial charge in [0.2, 0.25) is 0 Å². The molecule has 1 aliphatic rings. The van der Waals surface area contributed by atoms with E-state index in [9.17, 15) is 0 Å². The Labute approximate surface area is 96.5 Å². The van der Waals surface area contributed by atoms with Gasteiger partial charge in [0.05, 0.1) is 0 Å². The third-order valence-corrected chi connectivity index (χ3v) is 3.03. The average Bonchev–Trinajstić information content (AvgIpc) is 2.60. The Hall–Kier alpha value is -1.35. The lowest BCUT2D eigenvalue weighted by molar-refractivity contribution is 0.0120. The standard InChI is InChI=1S/C13H18N2O/c1-3-4-9-15-12(14)10-7-5-6-8-11(10)13(15)16-2/h5-8,13-14H,3-4,9H2,1-2H3. The molecule has 1 unspecified atom stereocenters. The molecule has 0 aliphatic carbocycles. The van der Waals surface area contributed by atoms with E-state index in [1.807, 2.05) is 29.2 Å². The van der Waals surface area contributed by atoms with Crippen LogP contribution < -0.4 is 0 Å². The molecule has 1 heterocycles. The molecule has 1 aromatic rings. The molecule has 3 heteroatoms. The summed E-state index contributed by atoms with van der Waals surface area (Å²) >= 11 is 0. The molecule has 86 valence electrons. The van der Waals surface area contributed by atoms with Crippen molar-refractivity contribution in [1.29, 1.82) is 5.41 Å².